The van der Waals surface area contributed by atoms with Crippen molar-refractivity contribution in [2.24, 2.45) is 0 Å². The van der Waals surface area contributed by atoms with Gasteiger partial charge in [0.25, 0.3) is 0 Å². The van der Waals surface area contributed by atoms with E-state index in [1.807, 2.05) is 17.6 Å². The van der Waals surface area contributed by atoms with Crippen molar-refractivity contribution in [2.45, 2.75) is 30.8 Å². The molecule has 6 nitrogen and oxygen atoms in total. The molecule has 1 atom stereocenters. The van der Waals surface area contributed by atoms with Crippen molar-refractivity contribution in [3.05, 3.63) is 60.8 Å². The van der Waals surface area contributed by atoms with Gasteiger partial charge >= 0.3 is 0 Å². The molecule has 0 saturated carbocycles. The van der Waals surface area contributed by atoms with Crippen molar-refractivity contribution < 1.29 is 13.6 Å². The zero-order valence-corrected chi connectivity index (χ0v) is 15.8. The van der Waals surface area contributed by atoms with Gasteiger partial charge in [0, 0.05) is 12.2 Å². The van der Waals surface area contributed by atoms with Gasteiger partial charge < -0.3 is 9.73 Å². The fraction of sp³-hybridized carbons (Fsp3) is 0.211. The van der Waals surface area contributed by atoms with Gasteiger partial charge in [0.2, 0.25) is 5.91 Å². The molecule has 0 bridgehead atoms. The summed E-state index contributed by atoms with van der Waals surface area (Å²) in [6, 6.07) is 7.47. The Morgan fingerprint density at radius 2 is 2.11 bits per heavy atom. The highest BCUT2D eigenvalue weighted by atomic mass is 32.2. The summed E-state index contributed by atoms with van der Waals surface area (Å²) in [5, 5.41) is 11.4. The summed E-state index contributed by atoms with van der Waals surface area (Å²) in [6.45, 7) is 7.91. The van der Waals surface area contributed by atoms with Crippen LogP contribution in [0.3, 0.4) is 0 Å². The number of halogens is 1. The minimum absolute atomic E-state index is 0.208. The van der Waals surface area contributed by atoms with Crippen LogP contribution in [0.5, 0.6) is 0 Å². The van der Waals surface area contributed by atoms with Crippen LogP contribution >= 0.6 is 11.8 Å². The smallest absolute Gasteiger partial charge is 0.237 e. The lowest BCUT2D eigenvalue weighted by Crippen LogP contribution is -2.23. The molecule has 0 aliphatic heterocycles. The lowest BCUT2D eigenvalue weighted by atomic mass is 10.2. The molecule has 1 amide bonds. The molecule has 0 radical (unpaired) electrons. The van der Waals surface area contributed by atoms with Crippen molar-refractivity contribution in [2.75, 3.05) is 5.32 Å². The quantitative estimate of drug-likeness (QED) is 0.484. The number of thioether (sulfide) groups is 1. The number of hydrogen-bond donors (Lipinski definition) is 1. The Labute approximate surface area is 160 Å². The van der Waals surface area contributed by atoms with E-state index in [4.69, 9.17) is 4.42 Å². The maximum absolute atomic E-state index is 13.0. The monoisotopic (exact) mass is 386 g/mol. The van der Waals surface area contributed by atoms with E-state index in [0.29, 0.717) is 23.2 Å². The normalized spacial score (nSPS) is 12.0. The predicted octanol–water partition coefficient (Wildman–Crippen LogP) is 4.29. The Balaban J connectivity index is 1.77. The number of allylic oxidation sites excluding steroid dienone is 1. The summed E-state index contributed by atoms with van der Waals surface area (Å²) in [5.74, 6) is 0.844. The van der Waals surface area contributed by atoms with E-state index in [2.05, 4.69) is 22.1 Å². The van der Waals surface area contributed by atoms with Crippen molar-refractivity contribution in [1.82, 2.24) is 14.8 Å². The van der Waals surface area contributed by atoms with Crippen molar-refractivity contribution in [3.63, 3.8) is 0 Å². The molecule has 8 heteroatoms. The molecular weight excluding hydrogens is 367 g/mol. The molecule has 0 spiro atoms. The molecule has 2 heterocycles. The van der Waals surface area contributed by atoms with Gasteiger partial charge in [0.1, 0.15) is 11.6 Å². The van der Waals surface area contributed by atoms with E-state index in [1.54, 1.807) is 19.3 Å². The Hall–Kier alpha value is -2.87. The standard InChI is InChI=1S/C19H19FN4O2S/c1-4-10-24-17(16-9-11-26-12(16)2)22-23-19(24)27-13(3)18(25)21-15-7-5-14(20)6-8-15/h4-9,11,13H,1,10H2,2-3H3,(H,21,25)/t13-/m1/s1. The van der Waals surface area contributed by atoms with Crippen LogP contribution in [0.4, 0.5) is 10.1 Å². The van der Waals surface area contributed by atoms with E-state index in [0.717, 1.165) is 11.3 Å². The third-order valence-corrected chi connectivity index (χ3v) is 4.97. The molecule has 2 aromatic heterocycles. The molecule has 0 saturated heterocycles. The second-order valence-corrected chi connectivity index (χ2v) is 7.16. The SMILES string of the molecule is C=CCn1c(S[C@H](C)C(=O)Nc2ccc(F)cc2)nnc1-c1ccoc1C. The predicted molar refractivity (Wildman–Crippen MR) is 103 cm³/mol. The van der Waals surface area contributed by atoms with Gasteiger partial charge in [-0.1, -0.05) is 17.8 Å². The lowest BCUT2D eigenvalue weighted by Gasteiger charge is -2.13. The number of hydrogen-bond acceptors (Lipinski definition) is 5. The highest BCUT2D eigenvalue weighted by Crippen LogP contribution is 2.29. The van der Waals surface area contributed by atoms with Crippen LogP contribution in [-0.2, 0) is 11.3 Å². The molecule has 1 aromatic carbocycles. The van der Waals surface area contributed by atoms with Crippen LogP contribution < -0.4 is 5.32 Å². The van der Waals surface area contributed by atoms with E-state index >= 15 is 0 Å². The summed E-state index contributed by atoms with van der Waals surface area (Å²) < 4.78 is 20.2. The summed E-state index contributed by atoms with van der Waals surface area (Å²) in [4.78, 5) is 12.4. The summed E-state index contributed by atoms with van der Waals surface area (Å²) in [5.41, 5.74) is 1.38. The minimum Gasteiger partial charge on any atom is -0.469 e. The molecule has 0 fully saturated rings. The van der Waals surface area contributed by atoms with Gasteiger partial charge in [-0.2, -0.15) is 0 Å². The number of nitrogens with one attached hydrogen (secondary N) is 1. The van der Waals surface area contributed by atoms with Crippen molar-refractivity contribution in [1.29, 1.82) is 0 Å². The molecule has 1 N–H and O–H groups in total. The van der Waals surface area contributed by atoms with Gasteiger partial charge in [0.05, 0.1) is 17.1 Å². The Kier molecular flexibility index (Phi) is 5.75. The van der Waals surface area contributed by atoms with Crippen LogP contribution in [0.2, 0.25) is 0 Å². The maximum Gasteiger partial charge on any atom is 0.237 e. The fourth-order valence-corrected chi connectivity index (χ4v) is 3.33. The van der Waals surface area contributed by atoms with Crippen LogP contribution in [0.25, 0.3) is 11.4 Å². The fourth-order valence-electron chi connectivity index (χ4n) is 2.47. The molecule has 3 rings (SSSR count). The number of aryl methyl sites for hydroxylation is 1. The molecule has 27 heavy (non-hydrogen) atoms. The van der Waals surface area contributed by atoms with Gasteiger partial charge in [-0.05, 0) is 44.2 Å². The third-order valence-electron chi connectivity index (χ3n) is 3.89. The average molecular weight is 386 g/mol. The third kappa shape index (κ3) is 4.28. The lowest BCUT2D eigenvalue weighted by molar-refractivity contribution is -0.115. The highest BCUT2D eigenvalue weighted by molar-refractivity contribution is 8.00. The summed E-state index contributed by atoms with van der Waals surface area (Å²) in [7, 11) is 0. The Morgan fingerprint density at radius 3 is 2.74 bits per heavy atom. The topological polar surface area (TPSA) is 73.0 Å². The second-order valence-electron chi connectivity index (χ2n) is 5.85. The second kappa shape index (κ2) is 8.22. The molecule has 3 aromatic rings. The highest BCUT2D eigenvalue weighted by Gasteiger charge is 2.21. The van der Waals surface area contributed by atoms with Gasteiger partial charge in [-0.3, -0.25) is 9.36 Å². The zero-order valence-electron chi connectivity index (χ0n) is 15.0. The molecule has 0 aliphatic carbocycles. The van der Waals surface area contributed by atoms with E-state index in [1.165, 1.54) is 36.0 Å². The van der Waals surface area contributed by atoms with E-state index in [-0.39, 0.29) is 11.7 Å². The van der Waals surface area contributed by atoms with Crippen molar-refractivity contribution >= 4 is 23.4 Å². The number of nitrogens with zero attached hydrogens (tertiary/aromatic N) is 3. The summed E-state index contributed by atoms with van der Waals surface area (Å²) in [6.07, 6.45) is 3.35. The molecule has 0 unspecified atom stereocenters. The van der Waals surface area contributed by atoms with Gasteiger partial charge in [0.15, 0.2) is 11.0 Å². The number of amides is 1. The minimum atomic E-state index is -0.430. The number of aromatic nitrogens is 3. The Bertz CT molecular complexity index is 949. The largest absolute Gasteiger partial charge is 0.469 e. The number of carbonyl (C=O) groups is 1. The number of carbonyl (C=O) groups excluding carboxylic acids is 1. The van der Waals surface area contributed by atoms with Crippen LogP contribution in [0.1, 0.15) is 12.7 Å². The first kappa shape index (κ1) is 18.9. The number of anilines is 1. The maximum atomic E-state index is 13.0. The van der Waals surface area contributed by atoms with E-state index < -0.39 is 5.25 Å². The van der Waals surface area contributed by atoms with E-state index in [9.17, 15) is 9.18 Å². The first-order valence-corrected chi connectivity index (χ1v) is 9.19. The zero-order chi connectivity index (χ0) is 19.4. The first-order valence-electron chi connectivity index (χ1n) is 8.31. The van der Waals surface area contributed by atoms with Gasteiger partial charge in [-0.15, -0.1) is 16.8 Å². The van der Waals surface area contributed by atoms with Crippen LogP contribution in [0, 0.1) is 12.7 Å². The first-order chi connectivity index (χ1) is 13.0. The summed E-state index contributed by atoms with van der Waals surface area (Å²) >= 11 is 1.29. The van der Waals surface area contributed by atoms with Crippen LogP contribution in [-0.4, -0.2) is 25.9 Å². The number of furan rings is 1. The van der Waals surface area contributed by atoms with Crippen molar-refractivity contribution in [3.8, 4) is 11.4 Å². The number of rotatable bonds is 7. The van der Waals surface area contributed by atoms with Crippen LogP contribution in [0.15, 0.2) is 58.8 Å². The Morgan fingerprint density at radius 1 is 1.37 bits per heavy atom. The average Bonchev–Trinajstić information content (AvgIpc) is 3.23. The van der Waals surface area contributed by atoms with Gasteiger partial charge in [-0.25, -0.2) is 4.39 Å². The number of benzene rings is 1. The molecular formula is C19H19FN4O2S. The molecule has 140 valence electrons. The molecule has 0 aliphatic rings.